The first kappa shape index (κ1) is 19.6. The van der Waals surface area contributed by atoms with E-state index in [0.717, 1.165) is 5.56 Å². The second-order valence-electron chi connectivity index (χ2n) is 5.97. The van der Waals surface area contributed by atoms with Gasteiger partial charge in [-0.25, -0.2) is 27.5 Å². The molecule has 1 aromatic carbocycles. The average Bonchev–Trinajstić information content (AvgIpc) is 2.67. The molecule has 0 saturated heterocycles. The number of aromatic nitrogens is 3. The number of rotatable bonds is 8. The van der Waals surface area contributed by atoms with E-state index in [2.05, 4.69) is 30.3 Å². The standard InChI is InChI=1S/C18H19FN6O2S/c1-12(14-2-4-15(19)5-3-14)23-16-8-13(10-22-28(26)27)9-17(24-16)25-18-11-20-6-7-21-18/h2-9,11-12,28H,10H2,1H3,(H,22,26,27)(H2,21,23,24,25). The molecule has 0 saturated carbocycles. The van der Waals surface area contributed by atoms with Crippen LogP contribution >= 0.6 is 0 Å². The summed E-state index contributed by atoms with van der Waals surface area (Å²) >= 11 is 0. The monoisotopic (exact) mass is 402 g/mol. The lowest BCUT2D eigenvalue weighted by molar-refractivity contribution is 0.601. The zero-order valence-electron chi connectivity index (χ0n) is 15.0. The predicted octanol–water partition coefficient (Wildman–Crippen LogP) is 2.54. The quantitative estimate of drug-likeness (QED) is 0.429. The summed E-state index contributed by atoms with van der Waals surface area (Å²) in [4.78, 5) is 12.6. The van der Waals surface area contributed by atoms with E-state index in [0.29, 0.717) is 23.0 Å². The fourth-order valence-corrected chi connectivity index (χ4v) is 2.85. The number of hydrogen-bond acceptors (Lipinski definition) is 7. The molecule has 2 heterocycles. The number of anilines is 3. The van der Waals surface area contributed by atoms with Crippen LogP contribution in [-0.2, 0) is 17.4 Å². The molecule has 3 aromatic rings. The van der Waals surface area contributed by atoms with Gasteiger partial charge in [0.2, 0.25) is 10.9 Å². The van der Waals surface area contributed by atoms with Crippen LogP contribution in [0.5, 0.6) is 0 Å². The molecule has 3 rings (SSSR count). The summed E-state index contributed by atoms with van der Waals surface area (Å²) in [6.07, 6.45) is 4.65. The van der Waals surface area contributed by atoms with Gasteiger partial charge < -0.3 is 10.6 Å². The highest BCUT2D eigenvalue weighted by Gasteiger charge is 2.10. The first-order chi connectivity index (χ1) is 13.5. The van der Waals surface area contributed by atoms with Crippen molar-refractivity contribution in [3.05, 3.63) is 71.9 Å². The number of thiol groups is 1. The Morgan fingerprint density at radius 1 is 1.07 bits per heavy atom. The fraction of sp³-hybridized carbons (Fsp3) is 0.167. The Balaban J connectivity index is 1.84. The second kappa shape index (κ2) is 9.20. The van der Waals surface area contributed by atoms with Crippen molar-refractivity contribution in [3.63, 3.8) is 0 Å². The fourth-order valence-electron chi connectivity index (χ4n) is 2.53. The number of hydrogen-bond donors (Lipinski definition) is 4. The molecule has 28 heavy (non-hydrogen) atoms. The van der Waals surface area contributed by atoms with Crippen LogP contribution in [-0.4, -0.2) is 23.4 Å². The Kier molecular flexibility index (Phi) is 6.45. The van der Waals surface area contributed by atoms with Crippen LogP contribution in [0.25, 0.3) is 0 Å². The number of halogens is 1. The largest absolute Gasteiger partial charge is 0.363 e. The Morgan fingerprint density at radius 3 is 2.50 bits per heavy atom. The van der Waals surface area contributed by atoms with Gasteiger partial charge in [-0.3, -0.25) is 4.98 Å². The van der Waals surface area contributed by atoms with Gasteiger partial charge in [0, 0.05) is 25.0 Å². The van der Waals surface area contributed by atoms with Crippen molar-refractivity contribution in [2.75, 3.05) is 10.6 Å². The maximum atomic E-state index is 13.1. The lowest BCUT2D eigenvalue weighted by Gasteiger charge is -2.17. The van der Waals surface area contributed by atoms with Crippen LogP contribution in [0.3, 0.4) is 0 Å². The molecule has 0 aliphatic carbocycles. The molecule has 0 amide bonds. The van der Waals surface area contributed by atoms with Crippen LogP contribution in [0.15, 0.2) is 55.0 Å². The summed E-state index contributed by atoms with van der Waals surface area (Å²) in [5.74, 6) is 1.22. The molecule has 0 aliphatic rings. The molecule has 0 bridgehead atoms. The zero-order valence-corrected chi connectivity index (χ0v) is 15.9. The van der Waals surface area contributed by atoms with Crippen LogP contribution in [0.1, 0.15) is 24.1 Å². The van der Waals surface area contributed by atoms with Gasteiger partial charge in [0.15, 0.2) is 0 Å². The molecule has 1 atom stereocenters. The first-order valence-electron chi connectivity index (χ1n) is 8.43. The van der Waals surface area contributed by atoms with Crippen molar-refractivity contribution in [1.82, 2.24) is 19.7 Å². The molecule has 8 nitrogen and oxygen atoms in total. The average molecular weight is 402 g/mol. The van der Waals surface area contributed by atoms with Crippen LogP contribution in [0, 0.1) is 5.82 Å². The summed E-state index contributed by atoms with van der Waals surface area (Å²) in [6, 6.07) is 9.50. The third-order valence-corrected chi connectivity index (χ3v) is 4.27. The van der Waals surface area contributed by atoms with Gasteiger partial charge in [0.05, 0.1) is 6.20 Å². The van der Waals surface area contributed by atoms with Gasteiger partial charge in [-0.05, 0) is 42.3 Å². The maximum absolute atomic E-state index is 13.1. The Bertz CT molecular complexity index is 991. The van der Waals surface area contributed by atoms with E-state index in [4.69, 9.17) is 0 Å². The van der Waals surface area contributed by atoms with Gasteiger partial charge in [-0.2, -0.15) is 0 Å². The van der Waals surface area contributed by atoms with Gasteiger partial charge >= 0.3 is 0 Å². The second-order valence-corrected chi connectivity index (χ2v) is 6.80. The SMILES string of the molecule is CC(Nc1cc(CN[SH](=O)=O)cc(Nc2cnccn2)n1)c1ccc(F)cc1. The summed E-state index contributed by atoms with van der Waals surface area (Å²) in [6.45, 7) is 2.04. The summed E-state index contributed by atoms with van der Waals surface area (Å²) in [7, 11) is -2.72. The van der Waals surface area contributed by atoms with Crippen molar-refractivity contribution < 1.29 is 12.8 Å². The molecule has 146 valence electrons. The minimum absolute atomic E-state index is 0.121. The van der Waals surface area contributed by atoms with E-state index in [1.165, 1.54) is 12.1 Å². The van der Waals surface area contributed by atoms with E-state index in [1.54, 1.807) is 42.9 Å². The van der Waals surface area contributed by atoms with Crippen molar-refractivity contribution in [2.24, 2.45) is 0 Å². The van der Waals surface area contributed by atoms with Crippen molar-refractivity contribution in [2.45, 2.75) is 19.5 Å². The molecule has 3 N–H and O–H groups in total. The molecular weight excluding hydrogens is 383 g/mol. The minimum atomic E-state index is -2.72. The minimum Gasteiger partial charge on any atom is -0.363 e. The zero-order chi connectivity index (χ0) is 19.9. The highest BCUT2D eigenvalue weighted by atomic mass is 32.2. The third-order valence-electron chi connectivity index (χ3n) is 3.85. The van der Waals surface area contributed by atoms with E-state index in [9.17, 15) is 12.8 Å². The van der Waals surface area contributed by atoms with Crippen molar-refractivity contribution in [3.8, 4) is 0 Å². The molecule has 2 aromatic heterocycles. The molecular formula is C18H19FN6O2S. The highest BCUT2D eigenvalue weighted by Crippen LogP contribution is 2.22. The summed E-state index contributed by atoms with van der Waals surface area (Å²) in [5, 5.41) is 6.28. The van der Waals surface area contributed by atoms with E-state index >= 15 is 0 Å². The van der Waals surface area contributed by atoms with Crippen LogP contribution in [0.2, 0.25) is 0 Å². The number of benzene rings is 1. The van der Waals surface area contributed by atoms with Gasteiger partial charge in [-0.1, -0.05) is 12.1 Å². The van der Waals surface area contributed by atoms with Crippen LogP contribution in [0.4, 0.5) is 21.8 Å². The Morgan fingerprint density at radius 2 is 1.82 bits per heavy atom. The number of nitrogens with one attached hydrogen (secondary N) is 3. The predicted molar refractivity (Wildman–Crippen MR) is 105 cm³/mol. The molecule has 0 fully saturated rings. The van der Waals surface area contributed by atoms with Gasteiger partial charge in [-0.15, -0.1) is 0 Å². The summed E-state index contributed by atoms with van der Waals surface area (Å²) < 4.78 is 37.2. The van der Waals surface area contributed by atoms with Gasteiger partial charge in [0.1, 0.15) is 23.3 Å². The van der Waals surface area contributed by atoms with Gasteiger partial charge in [0.25, 0.3) is 0 Å². The van der Waals surface area contributed by atoms with Crippen molar-refractivity contribution >= 4 is 28.3 Å². The number of nitrogens with zero attached hydrogens (tertiary/aromatic N) is 3. The molecule has 0 spiro atoms. The normalized spacial score (nSPS) is 12.0. The molecule has 0 aliphatic heterocycles. The van der Waals surface area contributed by atoms with E-state index in [-0.39, 0.29) is 18.4 Å². The molecule has 10 heteroatoms. The number of pyridine rings is 1. The molecule has 0 radical (unpaired) electrons. The highest BCUT2D eigenvalue weighted by molar-refractivity contribution is 7.70. The maximum Gasteiger partial charge on any atom is 0.201 e. The molecule has 1 unspecified atom stereocenters. The van der Waals surface area contributed by atoms with E-state index < -0.39 is 10.9 Å². The summed E-state index contributed by atoms with van der Waals surface area (Å²) in [5.41, 5.74) is 1.59. The lowest BCUT2D eigenvalue weighted by atomic mass is 10.1. The topological polar surface area (TPSA) is 109 Å². The Hall–Kier alpha value is -3.11. The van der Waals surface area contributed by atoms with Crippen LogP contribution < -0.4 is 15.4 Å². The smallest absolute Gasteiger partial charge is 0.201 e. The lowest BCUT2D eigenvalue weighted by Crippen LogP contribution is -2.13. The third kappa shape index (κ3) is 5.69. The Labute approximate surface area is 163 Å². The van der Waals surface area contributed by atoms with Crippen molar-refractivity contribution in [1.29, 1.82) is 0 Å². The van der Waals surface area contributed by atoms with E-state index in [1.807, 2.05) is 6.92 Å². The first-order valence-corrected chi connectivity index (χ1v) is 9.61.